The van der Waals surface area contributed by atoms with Crippen LogP contribution in [0.4, 0.5) is 4.79 Å². The van der Waals surface area contributed by atoms with Gasteiger partial charge in [-0.2, -0.15) is 0 Å². The predicted molar refractivity (Wildman–Crippen MR) is 301 cm³/mol. The van der Waals surface area contributed by atoms with Crippen LogP contribution in [0.1, 0.15) is 65.1 Å². The van der Waals surface area contributed by atoms with Crippen LogP contribution >= 0.6 is 0 Å². The number of benzene rings is 5. The van der Waals surface area contributed by atoms with Gasteiger partial charge in [0.2, 0.25) is 35.4 Å². The van der Waals surface area contributed by atoms with E-state index in [1.165, 1.54) is 4.90 Å². The van der Waals surface area contributed by atoms with E-state index in [0.717, 1.165) is 34.9 Å². The number of hydrogen-bond donors (Lipinski definition) is 9. The molecule has 19 nitrogen and oxygen atoms in total. The maximum Gasteiger partial charge on any atom is 0.407 e. The Balaban J connectivity index is 1.12. The number of nitrogens with zero attached hydrogens (tertiary/aromatic N) is 1. The number of ether oxygens (including phenoxy) is 2. The van der Waals surface area contributed by atoms with Crippen molar-refractivity contribution in [3.8, 4) is 5.75 Å². The summed E-state index contributed by atoms with van der Waals surface area (Å²) >= 11 is 0. The van der Waals surface area contributed by atoms with Crippen LogP contribution in [0.3, 0.4) is 0 Å². The molecule has 1 unspecified atom stereocenters. The lowest BCUT2D eigenvalue weighted by Gasteiger charge is -2.32. The van der Waals surface area contributed by atoms with Gasteiger partial charge in [-0.15, -0.1) is 0 Å². The van der Waals surface area contributed by atoms with Crippen molar-refractivity contribution >= 4 is 52.4 Å². The molecule has 3 fully saturated rings. The summed E-state index contributed by atoms with van der Waals surface area (Å²) in [6, 6.07) is 32.4. The Bertz CT molecular complexity index is 3100. The molecule has 10 N–H and O–H groups in total. The van der Waals surface area contributed by atoms with Crippen LogP contribution in [-0.2, 0) is 59.4 Å². The van der Waals surface area contributed by atoms with Crippen molar-refractivity contribution in [1.29, 1.82) is 0 Å². The number of nitrogens with one attached hydrogen (secondary N) is 8. The van der Waals surface area contributed by atoms with E-state index in [4.69, 9.17) is 15.2 Å². The van der Waals surface area contributed by atoms with Gasteiger partial charge in [0.15, 0.2) is 0 Å². The highest BCUT2D eigenvalue weighted by atomic mass is 16.6. The van der Waals surface area contributed by atoms with Gasteiger partial charge in [0.1, 0.15) is 54.7 Å². The number of aromatic nitrogens is 1. The number of aryl methyl sites for hydroxylation is 1. The number of amides is 7. The highest BCUT2D eigenvalue weighted by Gasteiger charge is 2.45. The largest absolute Gasteiger partial charge is 0.489 e. The van der Waals surface area contributed by atoms with Crippen LogP contribution in [0.2, 0.25) is 0 Å². The topological polar surface area (TPSA) is 267 Å². The standard InChI is InChI=1S/C61H70N10O9/c1-38-17-22-48-47(29-38)44(35-65-48)33-51-57(74)67-50(31-41-23-26-63-27-24-41)55(72)66-49(30-40-18-20-45(21-19-40)79-37-42-13-7-3-8-14-42)56(73)69-52(32-39-11-5-2-6-12-39)60(77)71-36-46(80-61(78)64-28-25-62)34-53(71)58(75)70-54(59(76)68-51)43-15-9-4-10-16-43/h2-22,29,35,41,46,49-54,63,65H,23-28,30-34,36-37,62H2,1H3,(H,64,78)(H,66,72)(H,67,74)(H,68,76)(H,69,73)(H,70,75)/t46?,49-,50-,51+,52-,53-,54-/m0/s1. The normalized spacial score (nSPS) is 22.6. The van der Waals surface area contributed by atoms with E-state index in [-0.39, 0.29) is 57.7 Å². The Labute approximate surface area is 464 Å². The first-order valence-corrected chi connectivity index (χ1v) is 27.5. The molecule has 0 radical (unpaired) electrons. The molecule has 3 aliphatic heterocycles. The first-order valence-electron chi connectivity index (χ1n) is 27.5. The average molecular weight is 1090 g/mol. The second-order valence-electron chi connectivity index (χ2n) is 20.9. The number of rotatable bonds is 15. The molecular formula is C61H70N10O9. The van der Waals surface area contributed by atoms with Crippen molar-refractivity contribution in [2.75, 3.05) is 32.7 Å². The number of nitrogens with two attached hydrogens (primary N) is 1. The third kappa shape index (κ3) is 14.8. The van der Waals surface area contributed by atoms with E-state index in [0.29, 0.717) is 47.7 Å². The minimum atomic E-state index is -1.41. The second-order valence-corrected chi connectivity index (χ2v) is 20.9. The fourth-order valence-electron chi connectivity index (χ4n) is 10.7. The maximum absolute atomic E-state index is 15.4. The number of H-pyrrole nitrogens is 1. The molecule has 0 aliphatic carbocycles. The lowest BCUT2D eigenvalue weighted by Crippen LogP contribution is -2.61. The zero-order valence-corrected chi connectivity index (χ0v) is 44.8. The van der Waals surface area contributed by atoms with E-state index in [9.17, 15) is 4.79 Å². The molecule has 4 heterocycles. The predicted octanol–water partition coefficient (Wildman–Crippen LogP) is 3.94. The summed E-state index contributed by atoms with van der Waals surface area (Å²) in [5, 5.41) is 21.6. The van der Waals surface area contributed by atoms with Crippen molar-refractivity contribution < 1.29 is 43.0 Å². The second kappa shape index (κ2) is 26.9. The van der Waals surface area contributed by atoms with E-state index < -0.39 is 83.9 Å². The lowest BCUT2D eigenvalue weighted by molar-refractivity contribution is -0.143. The number of carbonyl (C=O) groups excluding carboxylic acids is 7. The molecule has 5 aromatic carbocycles. The minimum absolute atomic E-state index is 0.00370. The van der Waals surface area contributed by atoms with E-state index >= 15 is 28.8 Å². The summed E-state index contributed by atoms with van der Waals surface area (Å²) in [7, 11) is 0. The number of fused-ring (bicyclic) bond motifs is 2. The van der Waals surface area contributed by atoms with Crippen LogP contribution in [0, 0.1) is 12.8 Å². The Morgan fingerprint density at radius 1 is 0.650 bits per heavy atom. The maximum atomic E-state index is 15.4. The first kappa shape index (κ1) is 56.2. The van der Waals surface area contributed by atoms with Gasteiger partial charge < -0.3 is 62.3 Å². The van der Waals surface area contributed by atoms with Gasteiger partial charge in [-0.3, -0.25) is 28.8 Å². The molecule has 0 bridgehead atoms. The van der Waals surface area contributed by atoms with E-state index in [1.807, 2.05) is 61.5 Å². The number of aromatic amines is 1. The summed E-state index contributed by atoms with van der Waals surface area (Å²) in [5.74, 6) is -3.59. The molecule has 1 aromatic heterocycles. The van der Waals surface area contributed by atoms with Crippen molar-refractivity contribution in [3.05, 3.63) is 173 Å². The third-order valence-electron chi connectivity index (χ3n) is 15.0. The monoisotopic (exact) mass is 1090 g/mol. The molecule has 7 atom stereocenters. The Morgan fingerprint density at radius 2 is 1.25 bits per heavy atom. The van der Waals surface area contributed by atoms with Crippen molar-refractivity contribution in [1.82, 2.24) is 47.1 Å². The van der Waals surface area contributed by atoms with Crippen LogP contribution < -0.4 is 47.7 Å². The summed E-state index contributed by atoms with van der Waals surface area (Å²) < 4.78 is 11.8. The zero-order chi connectivity index (χ0) is 56.0. The van der Waals surface area contributed by atoms with E-state index in [1.54, 1.807) is 85.1 Å². The van der Waals surface area contributed by atoms with Crippen LogP contribution in [0.25, 0.3) is 10.9 Å². The minimum Gasteiger partial charge on any atom is -0.489 e. The van der Waals surface area contributed by atoms with Gasteiger partial charge in [-0.05, 0) is 97.3 Å². The molecule has 7 amide bonds. The Kier molecular flexibility index (Phi) is 18.9. The van der Waals surface area contributed by atoms with Crippen molar-refractivity contribution in [2.45, 2.75) is 101 Å². The molecule has 3 saturated heterocycles. The molecule has 418 valence electrons. The highest BCUT2D eigenvalue weighted by molar-refractivity contribution is 5.99. The quantitative estimate of drug-likeness (QED) is 0.0711. The molecule has 3 aliphatic rings. The van der Waals surface area contributed by atoms with Crippen molar-refractivity contribution in [3.63, 3.8) is 0 Å². The van der Waals surface area contributed by atoms with Crippen LogP contribution in [0.5, 0.6) is 5.75 Å². The molecular weight excluding hydrogens is 1020 g/mol. The number of hydrogen-bond acceptors (Lipinski definition) is 11. The lowest BCUT2D eigenvalue weighted by atomic mass is 9.90. The van der Waals surface area contributed by atoms with Gasteiger partial charge in [0.05, 0.1) is 6.54 Å². The Hall–Kier alpha value is -8.55. The summed E-state index contributed by atoms with van der Waals surface area (Å²) in [4.78, 5) is 109. The van der Waals surface area contributed by atoms with Gasteiger partial charge in [-0.1, -0.05) is 115 Å². The summed E-state index contributed by atoms with van der Waals surface area (Å²) in [5.41, 5.74) is 10.8. The van der Waals surface area contributed by atoms with Crippen molar-refractivity contribution in [2.24, 2.45) is 11.7 Å². The number of alkyl carbamates (subject to hydrolysis) is 1. The molecule has 6 aromatic rings. The molecule has 19 heteroatoms. The summed E-state index contributed by atoms with van der Waals surface area (Å²) in [6.07, 6.45) is 1.36. The number of carbonyl (C=O) groups is 7. The molecule has 0 spiro atoms. The van der Waals surface area contributed by atoms with Crippen LogP contribution in [-0.4, -0.2) is 120 Å². The zero-order valence-electron chi connectivity index (χ0n) is 44.8. The van der Waals surface area contributed by atoms with Gasteiger partial charge in [-0.25, -0.2) is 4.79 Å². The fraction of sp³-hybridized carbons (Fsp3) is 0.361. The summed E-state index contributed by atoms with van der Waals surface area (Å²) in [6.45, 7) is 3.69. The third-order valence-corrected chi connectivity index (χ3v) is 15.0. The number of piperidine rings is 1. The molecule has 0 saturated carbocycles. The first-order chi connectivity index (χ1) is 38.9. The molecule has 9 rings (SSSR count). The smallest absolute Gasteiger partial charge is 0.407 e. The van der Waals surface area contributed by atoms with Gasteiger partial charge in [0.25, 0.3) is 0 Å². The SMILES string of the molecule is Cc1ccc2[nH]cc(C[C@H]3NC(=O)[C@H](c4ccccc4)NC(=O)[C@@H]4CC(OC(=O)NCCN)CN4C(=O)[C@H](Cc4ccccc4)NC(=O)[C@H](Cc4ccc(OCc5ccccc5)cc4)NC(=O)[C@H](CC4CCNCC4)NC3=O)c2c1. The Morgan fingerprint density at radius 3 is 1.95 bits per heavy atom. The fourth-order valence-corrected chi connectivity index (χ4v) is 10.7. The molecule has 80 heavy (non-hydrogen) atoms. The average Bonchev–Trinajstić information content (AvgIpc) is 4.13. The van der Waals surface area contributed by atoms with Gasteiger partial charge >= 0.3 is 6.09 Å². The van der Waals surface area contributed by atoms with Crippen LogP contribution in [0.15, 0.2) is 140 Å². The highest BCUT2D eigenvalue weighted by Crippen LogP contribution is 2.27. The van der Waals surface area contributed by atoms with Gasteiger partial charge in [0, 0.05) is 55.9 Å². The van der Waals surface area contributed by atoms with E-state index in [2.05, 4.69) is 42.2 Å².